The number of aliphatic hydroxyl groups excluding tert-OH is 1. The molecule has 0 spiro atoms. The van der Waals surface area contributed by atoms with Gasteiger partial charge in [-0.05, 0) is 6.07 Å². The van der Waals surface area contributed by atoms with Crippen molar-refractivity contribution in [1.29, 1.82) is 0 Å². The molecule has 1 aromatic heterocycles. The number of rotatable bonds is 2. The summed E-state index contributed by atoms with van der Waals surface area (Å²) in [6.07, 6.45) is 0. The lowest BCUT2D eigenvalue weighted by Crippen LogP contribution is -2.15. The van der Waals surface area contributed by atoms with Gasteiger partial charge >= 0.3 is 5.63 Å². The van der Waals surface area contributed by atoms with Gasteiger partial charge in [0.15, 0.2) is 0 Å². The molecule has 78 valence electrons. The number of hydrogen-bond acceptors (Lipinski definition) is 4. The minimum Gasteiger partial charge on any atom is -0.422 e. The van der Waals surface area contributed by atoms with Gasteiger partial charge in [-0.2, -0.15) is 0 Å². The quantitative estimate of drug-likeness (QED) is 0.710. The molecule has 0 radical (unpaired) electrons. The highest BCUT2D eigenvalue weighted by Gasteiger charge is 2.10. The molecule has 1 heterocycles. The molecule has 0 saturated carbocycles. The van der Waals surface area contributed by atoms with Crippen molar-refractivity contribution in [2.24, 2.45) is 5.73 Å². The van der Waals surface area contributed by atoms with E-state index in [1.165, 1.54) is 6.07 Å². The largest absolute Gasteiger partial charge is 0.422 e. The standard InChI is InChI=1S/C11H11NO3/c12-9(6-13)8-3-1-2-7-4-5-10(14)15-11(7)8/h1-5,9,13H,6,12H2. The Morgan fingerprint density at radius 1 is 1.33 bits per heavy atom. The fourth-order valence-electron chi connectivity index (χ4n) is 1.51. The Bertz CT molecular complexity index is 533. The molecule has 0 aliphatic heterocycles. The molecule has 4 heteroatoms. The predicted octanol–water partition coefficient (Wildman–Crippen LogP) is 0.785. The highest BCUT2D eigenvalue weighted by atomic mass is 16.4. The van der Waals surface area contributed by atoms with Gasteiger partial charge < -0.3 is 15.3 Å². The Labute approximate surface area is 85.9 Å². The second-order valence-corrected chi connectivity index (χ2v) is 3.31. The molecule has 3 N–H and O–H groups in total. The number of aliphatic hydroxyl groups is 1. The van der Waals surface area contributed by atoms with Crippen molar-refractivity contribution in [2.45, 2.75) is 6.04 Å². The van der Waals surface area contributed by atoms with Crippen LogP contribution in [0.3, 0.4) is 0 Å². The second kappa shape index (κ2) is 3.84. The summed E-state index contributed by atoms with van der Waals surface area (Å²) in [5.41, 5.74) is 6.38. The third kappa shape index (κ3) is 1.77. The van der Waals surface area contributed by atoms with Crippen molar-refractivity contribution in [3.63, 3.8) is 0 Å². The molecule has 0 aliphatic carbocycles. The molecule has 1 atom stereocenters. The van der Waals surface area contributed by atoms with Gasteiger partial charge in [-0.25, -0.2) is 4.79 Å². The number of fused-ring (bicyclic) bond motifs is 1. The smallest absolute Gasteiger partial charge is 0.336 e. The topological polar surface area (TPSA) is 76.5 Å². The molecule has 0 amide bonds. The van der Waals surface area contributed by atoms with Gasteiger partial charge in [0.25, 0.3) is 0 Å². The Kier molecular flexibility index (Phi) is 2.53. The van der Waals surface area contributed by atoms with Crippen LogP contribution in [0, 0.1) is 0 Å². The molecule has 4 nitrogen and oxygen atoms in total. The molecule has 0 saturated heterocycles. The first-order chi connectivity index (χ1) is 7.22. The van der Waals surface area contributed by atoms with E-state index >= 15 is 0 Å². The first-order valence-corrected chi connectivity index (χ1v) is 4.61. The van der Waals surface area contributed by atoms with Crippen molar-refractivity contribution >= 4 is 11.0 Å². The summed E-state index contributed by atoms with van der Waals surface area (Å²) in [5.74, 6) is 0. The first-order valence-electron chi connectivity index (χ1n) is 4.61. The van der Waals surface area contributed by atoms with Crippen LogP contribution in [0.4, 0.5) is 0 Å². The number of nitrogens with two attached hydrogens (primary N) is 1. The SMILES string of the molecule is NC(CO)c1cccc2ccc(=O)oc12. The average Bonchev–Trinajstić information content (AvgIpc) is 2.27. The Morgan fingerprint density at radius 2 is 2.13 bits per heavy atom. The number of benzene rings is 1. The lowest BCUT2D eigenvalue weighted by atomic mass is 10.1. The van der Waals surface area contributed by atoms with Crippen LogP contribution in [0.15, 0.2) is 39.5 Å². The summed E-state index contributed by atoms with van der Waals surface area (Å²) >= 11 is 0. The van der Waals surface area contributed by atoms with E-state index in [0.29, 0.717) is 11.1 Å². The monoisotopic (exact) mass is 205 g/mol. The third-order valence-corrected chi connectivity index (χ3v) is 2.27. The molecule has 0 bridgehead atoms. The Morgan fingerprint density at radius 3 is 2.87 bits per heavy atom. The maximum Gasteiger partial charge on any atom is 0.336 e. The molecule has 2 rings (SSSR count). The summed E-state index contributed by atoms with van der Waals surface area (Å²) in [6, 6.07) is 7.88. The summed E-state index contributed by atoms with van der Waals surface area (Å²) in [7, 11) is 0. The van der Waals surface area contributed by atoms with Crippen LogP contribution in [0.25, 0.3) is 11.0 Å². The van der Waals surface area contributed by atoms with Crippen LogP contribution in [0.2, 0.25) is 0 Å². The first kappa shape index (κ1) is 9.89. The van der Waals surface area contributed by atoms with Crippen LogP contribution in [-0.4, -0.2) is 11.7 Å². The van der Waals surface area contributed by atoms with E-state index in [1.54, 1.807) is 12.1 Å². The highest BCUT2D eigenvalue weighted by Crippen LogP contribution is 2.21. The summed E-state index contributed by atoms with van der Waals surface area (Å²) in [6.45, 7) is -0.183. The number of hydrogen-bond donors (Lipinski definition) is 2. The van der Waals surface area contributed by atoms with Gasteiger partial charge in [-0.15, -0.1) is 0 Å². The van der Waals surface area contributed by atoms with Crippen molar-refractivity contribution < 1.29 is 9.52 Å². The zero-order valence-corrected chi connectivity index (χ0v) is 8.01. The van der Waals surface area contributed by atoms with E-state index in [-0.39, 0.29) is 6.61 Å². The summed E-state index contributed by atoms with van der Waals surface area (Å²) in [5, 5.41) is 9.77. The molecular formula is C11H11NO3. The van der Waals surface area contributed by atoms with Crippen LogP contribution >= 0.6 is 0 Å². The minimum atomic E-state index is -0.528. The lowest BCUT2D eigenvalue weighted by molar-refractivity contribution is 0.268. The van der Waals surface area contributed by atoms with E-state index in [2.05, 4.69) is 0 Å². The fourth-order valence-corrected chi connectivity index (χ4v) is 1.51. The summed E-state index contributed by atoms with van der Waals surface area (Å²) in [4.78, 5) is 11.1. The van der Waals surface area contributed by atoms with Crippen LogP contribution in [0.1, 0.15) is 11.6 Å². The Balaban J connectivity index is 2.73. The number of para-hydroxylation sites is 1. The van der Waals surface area contributed by atoms with E-state index in [4.69, 9.17) is 15.3 Å². The lowest BCUT2D eigenvalue weighted by Gasteiger charge is -2.09. The highest BCUT2D eigenvalue weighted by molar-refractivity contribution is 5.79. The average molecular weight is 205 g/mol. The minimum absolute atomic E-state index is 0.183. The van der Waals surface area contributed by atoms with Crippen molar-refractivity contribution in [1.82, 2.24) is 0 Å². The van der Waals surface area contributed by atoms with Crippen molar-refractivity contribution in [3.05, 3.63) is 46.3 Å². The molecule has 0 fully saturated rings. The van der Waals surface area contributed by atoms with Crippen LogP contribution in [0.5, 0.6) is 0 Å². The molecule has 1 aromatic carbocycles. The van der Waals surface area contributed by atoms with Crippen molar-refractivity contribution in [2.75, 3.05) is 6.61 Å². The van der Waals surface area contributed by atoms with Crippen LogP contribution in [-0.2, 0) is 0 Å². The normalized spacial score (nSPS) is 12.9. The predicted molar refractivity (Wildman–Crippen MR) is 56.5 cm³/mol. The van der Waals surface area contributed by atoms with E-state index in [0.717, 1.165) is 5.39 Å². The zero-order chi connectivity index (χ0) is 10.8. The molecule has 0 aliphatic rings. The fraction of sp³-hybridized carbons (Fsp3) is 0.182. The summed E-state index contributed by atoms with van der Waals surface area (Å²) < 4.78 is 5.07. The Hall–Kier alpha value is -1.65. The van der Waals surface area contributed by atoms with Gasteiger partial charge in [0.1, 0.15) is 5.58 Å². The van der Waals surface area contributed by atoms with Gasteiger partial charge in [-0.1, -0.05) is 18.2 Å². The molecule has 2 aromatic rings. The van der Waals surface area contributed by atoms with Crippen LogP contribution < -0.4 is 11.4 Å². The maximum atomic E-state index is 11.1. The molecular weight excluding hydrogens is 194 g/mol. The molecule has 1 unspecified atom stereocenters. The van der Waals surface area contributed by atoms with Crippen molar-refractivity contribution in [3.8, 4) is 0 Å². The van der Waals surface area contributed by atoms with Gasteiger partial charge in [0.05, 0.1) is 12.6 Å². The maximum absolute atomic E-state index is 11.1. The second-order valence-electron chi connectivity index (χ2n) is 3.31. The van der Waals surface area contributed by atoms with Gasteiger partial charge in [-0.3, -0.25) is 0 Å². The molecule has 15 heavy (non-hydrogen) atoms. The van der Waals surface area contributed by atoms with E-state index in [1.807, 2.05) is 12.1 Å². The van der Waals surface area contributed by atoms with E-state index in [9.17, 15) is 4.79 Å². The van der Waals surface area contributed by atoms with Gasteiger partial charge in [0, 0.05) is 17.0 Å². The third-order valence-electron chi connectivity index (χ3n) is 2.27. The van der Waals surface area contributed by atoms with Gasteiger partial charge in [0.2, 0.25) is 0 Å². The zero-order valence-electron chi connectivity index (χ0n) is 8.01. The van der Waals surface area contributed by atoms with E-state index < -0.39 is 11.7 Å².